The zero-order valence-corrected chi connectivity index (χ0v) is 27.0. The van der Waals surface area contributed by atoms with E-state index in [-0.39, 0.29) is 26.1 Å². The van der Waals surface area contributed by atoms with Gasteiger partial charge < -0.3 is 39.4 Å². The highest BCUT2D eigenvalue weighted by atomic mass is 16.7. The van der Waals surface area contributed by atoms with Crippen LogP contribution < -0.4 is 0 Å². The summed E-state index contributed by atoms with van der Waals surface area (Å²) in [4.78, 5) is 24.9. The lowest BCUT2D eigenvalue weighted by Gasteiger charge is -2.39. The molecule has 1 fully saturated rings. The molecular formula is C35H58O10. The number of aliphatic hydroxyl groups excluding tert-OH is 4. The fraction of sp³-hybridized carbons (Fsp3) is 0.714. The Bertz CT molecular complexity index is 855. The Morgan fingerprint density at radius 1 is 0.689 bits per heavy atom. The molecule has 0 unspecified atom stereocenters. The van der Waals surface area contributed by atoms with Crippen molar-refractivity contribution in [2.24, 2.45) is 0 Å². The predicted molar refractivity (Wildman–Crippen MR) is 173 cm³/mol. The molecule has 0 aromatic rings. The SMILES string of the molecule is C=CC/C=C/C/C=C/CCCCCCCC(=O)OC[C@H](CO[C@@H]1O[C@H](CO)[C@H](O)[C@H](O)[C@H]1O)OC(=O)CCCCCCCC=C. The smallest absolute Gasteiger partial charge is 0.306 e. The van der Waals surface area contributed by atoms with Crippen molar-refractivity contribution in [2.45, 2.75) is 140 Å². The summed E-state index contributed by atoms with van der Waals surface area (Å²) in [6.45, 7) is 6.28. The minimum absolute atomic E-state index is 0.203. The first-order valence-electron chi connectivity index (χ1n) is 16.6. The van der Waals surface area contributed by atoms with Crippen molar-refractivity contribution in [3.8, 4) is 0 Å². The number of allylic oxidation sites excluding steroid dienone is 6. The summed E-state index contributed by atoms with van der Waals surface area (Å²) in [5.41, 5.74) is 0. The van der Waals surface area contributed by atoms with Crippen molar-refractivity contribution in [1.29, 1.82) is 0 Å². The van der Waals surface area contributed by atoms with Crippen LogP contribution in [0.15, 0.2) is 49.6 Å². The third-order valence-corrected chi connectivity index (χ3v) is 7.47. The minimum Gasteiger partial charge on any atom is -0.462 e. The molecule has 45 heavy (non-hydrogen) atoms. The van der Waals surface area contributed by atoms with Crippen LogP contribution in [0.2, 0.25) is 0 Å². The number of rotatable bonds is 27. The van der Waals surface area contributed by atoms with E-state index < -0.39 is 55.4 Å². The molecule has 1 rings (SSSR count). The van der Waals surface area contributed by atoms with Gasteiger partial charge in [-0.25, -0.2) is 0 Å². The molecule has 1 aliphatic rings. The van der Waals surface area contributed by atoms with Gasteiger partial charge in [-0.15, -0.1) is 13.2 Å². The van der Waals surface area contributed by atoms with Gasteiger partial charge in [-0.05, 0) is 51.4 Å². The van der Waals surface area contributed by atoms with Crippen LogP contribution in [0.1, 0.15) is 103 Å². The molecule has 0 aromatic heterocycles. The fourth-order valence-corrected chi connectivity index (χ4v) is 4.76. The summed E-state index contributed by atoms with van der Waals surface area (Å²) < 4.78 is 21.8. The van der Waals surface area contributed by atoms with Crippen LogP contribution in [0.3, 0.4) is 0 Å². The van der Waals surface area contributed by atoms with Crippen molar-refractivity contribution < 1.29 is 49.0 Å². The van der Waals surface area contributed by atoms with Crippen LogP contribution in [0.25, 0.3) is 0 Å². The number of esters is 2. The van der Waals surface area contributed by atoms with E-state index in [0.717, 1.165) is 77.0 Å². The van der Waals surface area contributed by atoms with Crippen molar-refractivity contribution >= 4 is 11.9 Å². The molecule has 0 spiro atoms. The third-order valence-electron chi connectivity index (χ3n) is 7.47. The summed E-state index contributed by atoms with van der Waals surface area (Å²) >= 11 is 0. The summed E-state index contributed by atoms with van der Waals surface area (Å²) in [6, 6.07) is 0. The second-order valence-electron chi connectivity index (χ2n) is 11.4. The molecule has 6 atom stereocenters. The van der Waals surface area contributed by atoms with E-state index in [1.807, 2.05) is 12.2 Å². The van der Waals surface area contributed by atoms with Gasteiger partial charge in [-0.3, -0.25) is 9.59 Å². The molecule has 4 N–H and O–H groups in total. The summed E-state index contributed by atoms with van der Waals surface area (Å²) in [5.74, 6) is -0.866. The molecule has 0 amide bonds. The molecule has 0 radical (unpaired) electrons. The van der Waals surface area contributed by atoms with Crippen LogP contribution in [-0.4, -0.2) is 89.0 Å². The van der Waals surface area contributed by atoms with Gasteiger partial charge in [0.1, 0.15) is 31.0 Å². The average Bonchev–Trinajstić information content (AvgIpc) is 3.03. The quantitative estimate of drug-likeness (QED) is 0.0551. The maximum absolute atomic E-state index is 12.5. The lowest BCUT2D eigenvalue weighted by atomic mass is 9.99. The Hall–Kier alpha value is -2.34. The van der Waals surface area contributed by atoms with Gasteiger partial charge >= 0.3 is 11.9 Å². The van der Waals surface area contributed by atoms with Crippen molar-refractivity contribution in [3.63, 3.8) is 0 Å². The van der Waals surface area contributed by atoms with E-state index >= 15 is 0 Å². The molecule has 1 aliphatic heterocycles. The number of hydrogen-bond donors (Lipinski definition) is 4. The van der Waals surface area contributed by atoms with Gasteiger partial charge in [0, 0.05) is 12.8 Å². The molecule has 1 saturated heterocycles. The minimum atomic E-state index is -1.60. The molecule has 10 heteroatoms. The van der Waals surface area contributed by atoms with Crippen molar-refractivity contribution in [2.75, 3.05) is 19.8 Å². The molecule has 1 heterocycles. The average molecular weight is 639 g/mol. The molecule has 0 aliphatic carbocycles. The third kappa shape index (κ3) is 19.7. The molecule has 258 valence electrons. The predicted octanol–water partition coefficient (Wildman–Crippen LogP) is 4.98. The number of carbonyl (C=O) groups is 2. The van der Waals surface area contributed by atoms with Crippen LogP contribution >= 0.6 is 0 Å². The second-order valence-corrected chi connectivity index (χ2v) is 11.4. The molecule has 0 bridgehead atoms. The van der Waals surface area contributed by atoms with Crippen LogP contribution in [0.4, 0.5) is 0 Å². The van der Waals surface area contributed by atoms with Crippen LogP contribution in [-0.2, 0) is 28.5 Å². The summed E-state index contributed by atoms with van der Waals surface area (Å²) in [7, 11) is 0. The van der Waals surface area contributed by atoms with Gasteiger partial charge in [-0.2, -0.15) is 0 Å². The van der Waals surface area contributed by atoms with Gasteiger partial charge in [0.05, 0.1) is 13.2 Å². The number of aliphatic hydroxyl groups is 4. The first-order valence-corrected chi connectivity index (χ1v) is 16.6. The Labute approximate surface area is 269 Å². The van der Waals surface area contributed by atoms with E-state index in [1.54, 1.807) is 0 Å². The first-order chi connectivity index (χ1) is 21.8. The first kappa shape index (κ1) is 40.7. The fourth-order valence-electron chi connectivity index (χ4n) is 4.76. The maximum atomic E-state index is 12.5. The number of carbonyl (C=O) groups excluding carboxylic acids is 2. The number of ether oxygens (including phenoxy) is 4. The monoisotopic (exact) mass is 638 g/mol. The van der Waals surface area contributed by atoms with E-state index in [4.69, 9.17) is 18.9 Å². The Morgan fingerprint density at radius 3 is 1.96 bits per heavy atom. The van der Waals surface area contributed by atoms with E-state index in [9.17, 15) is 30.0 Å². The highest BCUT2D eigenvalue weighted by Gasteiger charge is 2.44. The Morgan fingerprint density at radius 2 is 1.29 bits per heavy atom. The number of hydrogen-bond acceptors (Lipinski definition) is 10. The molecule has 0 aromatic carbocycles. The van der Waals surface area contributed by atoms with Crippen LogP contribution in [0, 0.1) is 0 Å². The summed E-state index contributed by atoms with van der Waals surface area (Å²) in [6.07, 6.45) is 18.0. The Balaban J connectivity index is 2.43. The summed E-state index contributed by atoms with van der Waals surface area (Å²) in [5, 5.41) is 39.7. The second kappa shape index (κ2) is 26.8. The zero-order valence-electron chi connectivity index (χ0n) is 27.0. The van der Waals surface area contributed by atoms with E-state index in [1.165, 1.54) is 0 Å². The molecular weight excluding hydrogens is 580 g/mol. The normalized spacial score (nSPS) is 22.4. The van der Waals surface area contributed by atoms with Gasteiger partial charge in [-0.1, -0.05) is 75.0 Å². The maximum Gasteiger partial charge on any atom is 0.306 e. The Kier molecular flexibility index (Phi) is 24.3. The van der Waals surface area contributed by atoms with E-state index in [0.29, 0.717) is 12.8 Å². The lowest BCUT2D eigenvalue weighted by Crippen LogP contribution is -2.59. The topological polar surface area (TPSA) is 152 Å². The van der Waals surface area contributed by atoms with Crippen molar-refractivity contribution in [1.82, 2.24) is 0 Å². The van der Waals surface area contributed by atoms with Gasteiger partial charge in [0.15, 0.2) is 12.4 Å². The molecule has 10 nitrogen and oxygen atoms in total. The highest BCUT2D eigenvalue weighted by Crippen LogP contribution is 2.22. The van der Waals surface area contributed by atoms with Crippen molar-refractivity contribution in [3.05, 3.63) is 49.6 Å². The highest BCUT2D eigenvalue weighted by molar-refractivity contribution is 5.70. The lowest BCUT2D eigenvalue weighted by molar-refractivity contribution is -0.305. The molecule has 0 saturated carbocycles. The van der Waals surface area contributed by atoms with E-state index in [2.05, 4.69) is 37.5 Å². The van der Waals surface area contributed by atoms with Gasteiger partial charge in [0.2, 0.25) is 0 Å². The standard InChI is InChI=1S/C35H58O10/c1-3-5-7-9-11-12-13-14-15-16-18-19-21-23-30(37)42-26-28(44-31(38)24-22-20-17-10-8-6-4-2)27-43-35-34(41)33(40)32(39)29(25-36)45-35/h3-4,7,9,12-13,28-29,32-36,39-41H,1-2,5-6,8,10-11,14-27H2/b9-7+,13-12+/t28-,29-,32+,33+,34-,35-/m1/s1. The van der Waals surface area contributed by atoms with Gasteiger partial charge in [0.25, 0.3) is 0 Å². The van der Waals surface area contributed by atoms with Crippen LogP contribution in [0.5, 0.6) is 0 Å². The number of unbranched alkanes of at least 4 members (excludes halogenated alkanes) is 10. The zero-order chi connectivity index (χ0) is 33.1. The largest absolute Gasteiger partial charge is 0.462 e.